The molecule has 1 aromatic rings. The highest BCUT2D eigenvalue weighted by Gasteiger charge is 2.37. The van der Waals surface area contributed by atoms with Gasteiger partial charge in [-0.1, -0.05) is 19.9 Å². The normalized spacial score (nSPS) is 25.4. The van der Waals surface area contributed by atoms with Crippen LogP contribution in [0.1, 0.15) is 38.3 Å². The number of hydrogen-bond donors (Lipinski definition) is 0. The Kier molecular flexibility index (Phi) is 3.36. The van der Waals surface area contributed by atoms with E-state index >= 15 is 0 Å². The maximum atomic E-state index is 12.1. The molecular weight excluding hydrogens is 214 g/mol. The summed E-state index contributed by atoms with van der Waals surface area (Å²) in [6, 6.07) is 5.37. The molecule has 90 valence electrons. The van der Waals surface area contributed by atoms with E-state index in [1.165, 1.54) is 0 Å². The predicted octanol–water partition coefficient (Wildman–Crippen LogP) is 2.37. The molecule has 1 saturated carbocycles. The van der Waals surface area contributed by atoms with E-state index in [1.807, 2.05) is 6.07 Å². The minimum atomic E-state index is -0.619. The minimum Gasteiger partial charge on any atom is -0.298 e. The second-order valence-corrected chi connectivity index (χ2v) is 5.03. The minimum absolute atomic E-state index is 0.0265. The first-order chi connectivity index (χ1) is 8.09. The summed E-state index contributed by atoms with van der Waals surface area (Å²) in [5.74, 6) is 0.0195. The Bertz CT molecular complexity index is 407. The molecule has 3 nitrogen and oxygen atoms in total. The molecule has 1 aromatic heterocycles. The van der Waals surface area contributed by atoms with Crippen molar-refractivity contribution >= 4 is 11.6 Å². The highest BCUT2D eigenvalue weighted by atomic mass is 16.2. The lowest BCUT2D eigenvalue weighted by Gasteiger charge is -2.28. The molecule has 0 aromatic carbocycles. The summed E-state index contributed by atoms with van der Waals surface area (Å²) in [6.45, 7) is 4.12. The lowest BCUT2D eigenvalue weighted by atomic mass is 9.74. The summed E-state index contributed by atoms with van der Waals surface area (Å²) in [7, 11) is 0. The van der Waals surface area contributed by atoms with Gasteiger partial charge in [-0.2, -0.15) is 0 Å². The second kappa shape index (κ2) is 4.78. The van der Waals surface area contributed by atoms with E-state index in [9.17, 15) is 9.59 Å². The van der Waals surface area contributed by atoms with E-state index < -0.39 is 5.92 Å². The molecule has 0 amide bonds. The van der Waals surface area contributed by atoms with Crippen LogP contribution in [0.4, 0.5) is 0 Å². The Hall–Kier alpha value is -1.51. The molecule has 1 aliphatic rings. The molecule has 0 atom stereocenters. The van der Waals surface area contributed by atoms with Crippen molar-refractivity contribution in [2.75, 3.05) is 0 Å². The predicted molar refractivity (Wildman–Crippen MR) is 64.6 cm³/mol. The van der Waals surface area contributed by atoms with Gasteiger partial charge in [-0.25, -0.2) is 0 Å². The van der Waals surface area contributed by atoms with Crippen molar-refractivity contribution in [2.45, 2.75) is 32.6 Å². The van der Waals surface area contributed by atoms with Crippen molar-refractivity contribution in [3.8, 4) is 0 Å². The fraction of sp³-hybridized carbons (Fsp3) is 0.500. The van der Waals surface area contributed by atoms with Gasteiger partial charge in [0.25, 0.3) is 0 Å². The molecule has 1 aliphatic carbocycles. The van der Waals surface area contributed by atoms with Crippen LogP contribution in [0, 0.1) is 11.8 Å². The Morgan fingerprint density at radius 2 is 1.82 bits per heavy atom. The molecule has 0 aliphatic heterocycles. The topological polar surface area (TPSA) is 47.0 Å². The van der Waals surface area contributed by atoms with Crippen molar-refractivity contribution in [2.24, 2.45) is 11.8 Å². The zero-order valence-corrected chi connectivity index (χ0v) is 10.2. The van der Waals surface area contributed by atoms with E-state index in [4.69, 9.17) is 0 Å². The zero-order valence-electron chi connectivity index (χ0n) is 10.2. The van der Waals surface area contributed by atoms with Crippen LogP contribution in [-0.4, -0.2) is 16.6 Å². The van der Waals surface area contributed by atoms with Gasteiger partial charge in [0.1, 0.15) is 17.5 Å². The number of hydrogen-bond acceptors (Lipinski definition) is 3. The second-order valence-electron chi connectivity index (χ2n) is 5.03. The standard InChI is InChI=1S/C14H17NO2/c1-9(2)10-7-12(16)14(13(17)8-10)11-5-3-4-6-15-11/h3-6,9-10,14H,7-8H2,1-2H3. The molecule has 0 bridgehead atoms. The van der Waals surface area contributed by atoms with Crippen LogP contribution in [0.3, 0.4) is 0 Å². The van der Waals surface area contributed by atoms with Gasteiger partial charge in [-0.3, -0.25) is 14.6 Å². The maximum Gasteiger partial charge on any atom is 0.149 e. The Morgan fingerprint density at radius 1 is 1.18 bits per heavy atom. The van der Waals surface area contributed by atoms with Gasteiger partial charge in [0.15, 0.2) is 0 Å². The Balaban J connectivity index is 2.22. The number of nitrogens with zero attached hydrogens (tertiary/aromatic N) is 1. The smallest absolute Gasteiger partial charge is 0.149 e. The van der Waals surface area contributed by atoms with Crippen LogP contribution < -0.4 is 0 Å². The van der Waals surface area contributed by atoms with Gasteiger partial charge in [0.2, 0.25) is 0 Å². The third-order valence-electron chi connectivity index (χ3n) is 3.50. The van der Waals surface area contributed by atoms with Crippen LogP contribution in [0.25, 0.3) is 0 Å². The average Bonchev–Trinajstić information content (AvgIpc) is 2.29. The highest BCUT2D eigenvalue weighted by molar-refractivity contribution is 6.09. The molecular formula is C14H17NO2. The third-order valence-corrected chi connectivity index (χ3v) is 3.50. The summed E-state index contributed by atoms with van der Waals surface area (Å²) >= 11 is 0. The number of aromatic nitrogens is 1. The molecule has 2 rings (SSSR count). The zero-order chi connectivity index (χ0) is 12.4. The van der Waals surface area contributed by atoms with Crippen molar-refractivity contribution in [3.63, 3.8) is 0 Å². The highest BCUT2D eigenvalue weighted by Crippen LogP contribution is 2.33. The van der Waals surface area contributed by atoms with Gasteiger partial charge in [-0.05, 0) is 24.0 Å². The SMILES string of the molecule is CC(C)C1CC(=O)C(c2ccccn2)C(=O)C1. The first-order valence-electron chi connectivity index (χ1n) is 6.06. The van der Waals surface area contributed by atoms with Crippen LogP contribution in [0.15, 0.2) is 24.4 Å². The first kappa shape index (κ1) is 12.0. The molecule has 0 unspecified atom stereocenters. The van der Waals surface area contributed by atoms with E-state index in [-0.39, 0.29) is 17.5 Å². The molecule has 0 spiro atoms. The molecule has 1 fully saturated rings. The van der Waals surface area contributed by atoms with Crippen LogP contribution in [0.5, 0.6) is 0 Å². The Labute approximate surface area is 101 Å². The van der Waals surface area contributed by atoms with Gasteiger partial charge < -0.3 is 0 Å². The monoisotopic (exact) mass is 231 g/mol. The molecule has 0 radical (unpaired) electrons. The lowest BCUT2D eigenvalue weighted by Crippen LogP contribution is -2.34. The average molecular weight is 231 g/mol. The van der Waals surface area contributed by atoms with E-state index in [0.29, 0.717) is 24.5 Å². The van der Waals surface area contributed by atoms with E-state index in [0.717, 1.165) is 0 Å². The van der Waals surface area contributed by atoms with E-state index in [1.54, 1.807) is 18.3 Å². The summed E-state index contributed by atoms with van der Waals surface area (Å²) in [5, 5.41) is 0. The molecule has 1 heterocycles. The lowest BCUT2D eigenvalue weighted by molar-refractivity contribution is -0.134. The molecule has 3 heteroatoms. The largest absolute Gasteiger partial charge is 0.298 e. The number of carbonyl (C=O) groups excluding carboxylic acids is 2. The van der Waals surface area contributed by atoms with Crippen LogP contribution in [0.2, 0.25) is 0 Å². The van der Waals surface area contributed by atoms with Crippen molar-refractivity contribution < 1.29 is 9.59 Å². The summed E-state index contributed by atoms with van der Waals surface area (Å²) in [6.07, 6.45) is 2.64. The van der Waals surface area contributed by atoms with Crippen molar-refractivity contribution in [3.05, 3.63) is 30.1 Å². The van der Waals surface area contributed by atoms with Gasteiger partial charge in [0.05, 0.1) is 5.69 Å². The fourth-order valence-corrected chi connectivity index (χ4v) is 2.35. The van der Waals surface area contributed by atoms with E-state index in [2.05, 4.69) is 18.8 Å². The number of carbonyl (C=O) groups is 2. The maximum absolute atomic E-state index is 12.1. The number of pyridine rings is 1. The molecule has 0 saturated heterocycles. The summed E-state index contributed by atoms with van der Waals surface area (Å²) < 4.78 is 0. The fourth-order valence-electron chi connectivity index (χ4n) is 2.35. The van der Waals surface area contributed by atoms with Crippen LogP contribution in [-0.2, 0) is 9.59 Å². The molecule has 0 N–H and O–H groups in total. The first-order valence-corrected chi connectivity index (χ1v) is 6.06. The third kappa shape index (κ3) is 2.43. The summed E-state index contributed by atoms with van der Waals surface area (Å²) in [4.78, 5) is 28.2. The summed E-state index contributed by atoms with van der Waals surface area (Å²) in [5.41, 5.74) is 0.602. The molecule has 17 heavy (non-hydrogen) atoms. The number of rotatable bonds is 2. The van der Waals surface area contributed by atoms with Crippen molar-refractivity contribution in [1.29, 1.82) is 0 Å². The van der Waals surface area contributed by atoms with Gasteiger partial charge >= 0.3 is 0 Å². The van der Waals surface area contributed by atoms with Crippen molar-refractivity contribution in [1.82, 2.24) is 4.98 Å². The number of ketones is 2. The Morgan fingerprint density at radius 3 is 2.29 bits per heavy atom. The number of Topliss-reactive ketones (excluding diaryl/α,β-unsaturated/α-hetero) is 2. The van der Waals surface area contributed by atoms with Gasteiger partial charge in [-0.15, -0.1) is 0 Å². The quantitative estimate of drug-likeness (QED) is 0.734. The van der Waals surface area contributed by atoms with Crippen LogP contribution >= 0.6 is 0 Å². The van der Waals surface area contributed by atoms with Gasteiger partial charge in [0, 0.05) is 19.0 Å².